The summed E-state index contributed by atoms with van der Waals surface area (Å²) in [5, 5.41) is 22.7. The largest absolute Gasteiger partial charge is 0.394 e. The number of aliphatic hydroxyl groups excluding tert-OH is 2. The summed E-state index contributed by atoms with van der Waals surface area (Å²) in [5.74, 6) is 2.93. The van der Waals surface area contributed by atoms with Crippen LogP contribution in [-0.2, 0) is 9.63 Å². The van der Waals surface area contributed by atoms with Gasteiger partial charge in [-0.05, 0) is 86.5 Å². The number of allylic oxidation sites excluding steroid dienone is 1. The summed E-state index contributed by atoms with van der Waals surface area (Å²) in [6.45, 7) is 6.69. The van der Waals surface area contributed by atoms with Crippen molar-refractivity contribution in [3.8, 4) is 0 Å². The molecule has 0 amide bonds. The molecule has 2 N–H and O–H groups in total. The lowest BCUT2D eigenvalue weighted by Crippen LogP contribution is -2.51. The van der Waals surface area contributed by atoms with E-state index in [2.05, 4.69) is 25.9 Å². The highest BCUT2D eigenvalue weighted by molar-refractivity contribution is 5.91. The van der Waals surface area contributed by atoms with E-state index < -0.39 is 6.10 Å². The fourth-order valence-electron chi connectivity index (χ4n) is 7.59. The highest BCUT2D eigenvalue weighted by Crippen LogP contribution is 2.66. The highest BCUT2D eigenvalue weighted by atomic mass is 16.6. The lowest BCUT2D eigenvalue weighted by Gasteiger charge is -2.58. The molecule has 3 fully saturated rings. The first-order valence-corrected chi connectivity index (χ1v) is 11.5. The van der Waals surface area contributed by atoms with E-state index in [1.807, 2.05) is 6.08 Å². The fraction of sp³-hybridized carbons (Fsp3) is 0.833. The molecule has 4 aliphatic rings. The van der Waals surface area contributed by atoms with Gasteiger partial charge < -0.3 is 15.1 Å². The van der Waals surface area contributed by atoms with E-state index in [-0.39, 0.29) is 24.0 Å². The van der Waals surface area contributed by atoms with Crippen LogP contribution in [0.1, 0.15) is 72.1 Å². The van der Waals surface area contributed by atoms with Crippen LogP contribution >= 0.6 is 0 Å². The Morgan fingerprint density at radius 2 is 2.00 bits per heavy atom. The van der Waals surface area contributed by atoms with Crippen LogP contribution in [-0.4, -0.2) is 41.0 Å². The maximum atomic E-state index is 12.0. The molecule has 5 heteroatoms. The van der Waals surface area contributed by atoms with E-state index in [0.717, 1.165) is 43.2 Å². The minimum Gasteiger partial charge on any atom is -0.394 e. The van der Waals surface area contributed by atoms with Crippen molar-refractivity contribution >= 4 is 11.5 Å². The van der Waals surface area contributed by atoms with Gasteiger partial charge in [0.05, 0.1) is 12.3 Å². The molecule has 0 radical (unpaired) electrons. The van der Waals surface area contributed by atoms with Gasteiger partial charge in [0.1, 0.15) is 12.7 Å². The van der Waals surface area contributed by atoms with Gasteiger partial charge >= 0.3 is 0 Å². The molecule has 29 heavy (non-hydrogen) atoms. The van der Waals surface area contributed by atoms with Crippen molar-refractivity contribution in [2.45, 2.75) is 78.2 Å². The van der Waals surface area contributed by atoms with Crippen LogP contribution < -0.4 is 0 Å². The summed E-state index contributed by atoms with van der Waals surface area (Å²) in [6.07, 6.45) is 10.1. The van der Waals surface area contributed by atoms with Gasteiger partial charge in [-0.15, -0.1) is 0 Å². The lowest BCUT2D eigenvalue weighted by atomic mass is 9.46. The van der Waals surface area contributed by atoms with Crippen molar-refractivity contribution in [1.82, 2.24) is 0 Å². The van der Waals surface area contributed by atoms with Crippen molar-refractivity contribution in [3.05, 3.63) is 11.6 Å². The molecule has 0 heterocycles. The fourth-order valence-corrected chi connectivity index (χ4v) is 7.59. The number of aliphatic hydroxyl groups is 2. The summed E-state index contributed by atoms with van der Waals surface area (Å²) < 4.78 is 0. The van der Waals surface area contributed by atoms with Crippen LogP contribution in [0.5, 0.6) is 0 Å². The third-order valence-electron chi connectivity index (χ3n) is 9.15. The molecule has 0 aromatic heterocycles. The second-order valence-corrected chi connectivity index (χ2v) is 10.5. The van der Waals surface area contributed by atoms with E-state index in [0.29, 0.717) is 17.6 Å². The number of carbonyl (C=O) groups excluding carboxylic acids is 1. The van der Waals surface area contributed by atoms with Crippen LogP contribution in [0, 0.1) is 34.5 Å². The molecule has 162 valence electrons. The maximum Gasteiger partial charge on any atom is 0.155 e. The summed E-state index contributed by atoms with van der Waals surface area (Å²) in [6, 6.07) is 0. The molecule has 0 aliphatic heterocycles. The van der Waals surface area contributed by atoms with Gasteiger partial charge in [0, 0.05) is 12.3 Å². The number of oxime groups is 1. The molecule has 4 rings (SSSR count). The number of ketones is 1. The number of nitrogens with zero attached hydrogens (tertiary/aromatic N) is 1. The van der Waals surface area contributed by atoms with Crippen LogP contribution in [0.4, 0.5) is 0 Å². The molecule has 3 saturated carbocycles. The summed E-state index contributed by atoms with van der Waals surface area (Å²) in [5.41, 5.74) is 2.95. The van der Waals surface area contributed by atoms with Gasteiger partial charge in [-0.2, -0.15) is 0 Å². The first-order valence-electron chi connectivity index (χ1n) is 11.5. The molecule has 4 aliphatic carbocycles. The Balaban J connectivity index is 1.51. The van der Waals surface area contributed by atoms with Crippen molar-refractivity contribution in [1.29, 1.82) is 0 Å². The Morgan fingerprint density at radius 3 is 2.76 bits per heavy atom. The molecule has 0 aromatic carbocycles. The first kappa shape index (κ1) is 21.0. The van der Waals surface area contributed by atoms with Crippen molar-refractivity contribution in [2.75, 3.05) is 13.2 Å². The minimum atomic E-state index is -0.874. The number of rotatable bonds is 5. The Morgan fingerprint density at radius 1 is 1.21 bits per heavy atom. The Bertz CT molecular complexity index is 716. The quantitative estimate of drug-likeness (QED) is 0.539. The number of fused-ring (bicyclic) bond motifs is 5. The zero-order valence-corrected chi connectivity index (χ0v) is 18.2. The monoisotopic (exact) mass is 403 g/mol. The number of carbonyl (C=O) groups is 1. The van der Waals surface area contributed by atoms with Crippen molar-refractivity contribution in [2.24, 2.45) is 39.7 Å². The average molecular weight is 404 g/mol. The topological polar surface area (TPSA) is 79.1 Å². The standard InChI is InChI=1S/C24H37NO4/c1-15(25-29-14-18(28)13-26)20-6-7-21-19-5-4-16-12-17(27)8-10-23(16,2)22(19)9-11-24(20,21)3/h12,18-22,26,28H,4-11,13-14H2,1-3H3/b25-15+/t18?,19-,20+,21-,22-,23-,24+/m0/s1. The van der Waals surface area contributed by atoms with Gasteiger partial charge in [-0.25, -0.2) is 0 Å². The van der Waals surface area contributed by atoms with Crippen molar-refractivity contribution in [3.63, 3.8) is 0 Å². The van der Waals surface area contributed by atoms with Crippen LogP contribution in [0.15, 0.2) is 16.8 Å². The van der Waals surface area contributed by atoms with E-state index in [1.54, 1.807) is 0 Å². The zero-order chi connectivity index (χ0) is 20.8. The predicted molar refractivity (Wildman–Crippen MR) is 112 cm³/mol. The van der Waals surface area contributed by atoms with Crippen LogP contribution in [0.2, 0.25) is 0 Å². The van der Waals surface area contributed by atoms with Crippen LogP contribution in [0.25, 0.3) is 0 Å². The van der Waals surface area contributed by atoms with E-state index >= 15 is 0 Å². The average Bonchev–Trinajstić information content (AvgIpc) is 3.05. The van der Waals surface area contributed by atoms with E-state index in [4.69, 9.17) is 9.94 Å². The van der Waals surface area contributed by atoms with Gasteiger partial charge in [-0.3, -0.25) is 4.79 Å². The SMILES string of the molecule is C/C(=N\OCC(O)CO)[C@H]1CC[C@H]2[C@@H]3CCC4=CC(=O)CC[C@]4(C)[C@H]3CC[C@]12C. The molecule has 1 unspecified atom stereocenters. The normalized spacial score (nSPS) is 43.1. The van der Waals surface area contributed by atoms with Gasteiger partial charge in [0.25, 0.3) is 0 Å². The van der Waals surface area contributed by atoms with Crippen molar-refractivity contribution < 1.29 is 19.8 Å². The Hall–Kier alpha value is -1.20. The molecule has 0 saturated heterocycles. The van der Waals surface area contributed by atoms with E-state index in [9.17, 15) is 9.90 Å². The zero-order valence-electron chi connectivity index (χ0n) is 18.2. The highest BCUT2D eigenvalue weighted by Gasteiger charge is 2.59. The van der Waals surface area contributed by atoms with Gasteiger partial charge in [-0.1, -0.05) is 24.6 Å². The van der Waals surface area contributed by atoms with Crippen LogP contribution in [0.3, 0.4) is 0 Å². The minimum absolute atomic E-state index is 0.0393. The predicted octanol–water partition coefficient (Wildman–Crippen LogP) is 3.88. The van der Waals surface area contributed by atoms with Gasteiger partial charge in [0.2, 0.25) is 0 Å². The summed E-state index contributed by atoms with van der Waals surface area (Å²) >= 11 is 0. The Labute approximate surface area is 174 Å². The second kappa shape index (κ2) is 7.81. The van der Waals surface area contributed by atoms with E-state index in [1.165, 1.54) is 31.3 Å². The van der Waals surface area contributed by atoms with Gasteiger partial charge in [0.15, 0.2) is 5.78 Å². The molecule has 7 atom stereocenters. The second-order valence-electron chi connectivity index (χ2n) is 10.5. The third kappa shape index (κ3) is 3.48. The summed E-state index contributed by atoms with van der Waals surface area (Å²) in [7, 11) is 0. The molecule has 0 bridgehead atoms. The number of hydrogen-bond donors (Lipinski definition) is 2. The molecular formula is C24H37NO4. The smallest absolute Gasteiger partial charge is 0.155 e. The Kier molecular flexibility index (Phi) is 5.67. The molecule has 0 aromatic rings. The molecule has 5 nitrogen and oxygen atoms in total. The molecular weight excluding hydrogens is 366 g/mol. The molecule has 0 spiro atoms. The lowest BCUT2D eigenvalue weighted by molar-refractivity contribution is -0.117. The maximum absolute atomic E-state index is 12.0. The summed E-state index contributed by atoms with van der Waals surface area (Å²) in [4.78, 5) is 17.3. The number of hydrogen-bond acceptors (Lipinski definition) is 5. The third-order valence-corrected chi connectivity index (χ3v) is 9.15. The first-order chi connectivity index (χ1) is 13.8.